The van der Waals surface area contributed by atoms with Crippen LogP contribution in [0.25, 0.3) is 0 Å². The van der Waals surface area contributed by atoms with Crippen molar-refractivity contribution in [3.8, 4) is 17.6 Å². The Morgan fingerprint density at radius 3 is 2.69 bits per heavy atom. The van der Waals surface area contributed by atoms with Crippen molar-refractivity contribution in [1.29, 1.82) is 5.26 Å². The third-order valence-electron chi connectivity index (χ3n) is 4.56. The monoisotopic (exact) mass is 393 g/mol. The highest BCUT2D eigenvalue weighted by atomic mass is 16.6. The summed E-state index contributed by atoms with van der Waals surface area (Å²) in [7, 11) is 1.69. The van der Waals surface area contributed by atoms with E-state index in [0.29, 0.717) is 24.6 Å². The third kappa shape index (κ3) is 5.77. The number of carbonyl (C=O) groups excluding carboxylic acids is 1. The zero-order valence-corrected chi connectivity index (χ0v) is 16.5. The second-order valence-corrected chi connectivity index (χ2v) is 6.64. The van der Waals surface area contributed by atoms with Crippen LogP contribution in [0.15, 0.2) is 47.7 Å². The third-order valence-corrected chi connectivity index (χ3v) is 4.56. The number of nitrogens with zero attached hydrogens (tertiary/aromatic N) is 5. The van der Waals surface area contributed by atoms with Crippen LogP contribution in [0.3, 0.4) is 0 Å². The highest BCUT2D eigenvalue weighted by Gasteiger charge is 2.23. The molecular formula is C21H23N5O3. The number of hydrogen-bond acceptors (Lipinski definition) is 7. The Labute approximate surface area is 170 Å². The normalized spacial score (nSPS) is 14.9. The lowest BCUT2D eigenvalue weighted by molar-refractivity contribution is 0.108. The molecule has 1 amide bonds. The van der Waals surface area contributed by atoms with Gasteiger partial charge in [0.15, 0.2) is 11.6 Å². The molecule has 1 aliphatic heterocycles. The molecule has 0 saturated carbocycles. The first-order valence-corrected chi connectivity index (χ1v) is 9.32. The molecule has 0 aliphatic carbocycles. The number of aromatic nitrogens is 1. The highest BCUT2D eigenvalue weighted by Crippen LogP contribution is 2.17. The molecule has 1 saturated heterocycles. The van der Waals surface area contributed by atoms with Crippen LogP contribution in [0.2, 0.25) is 0 Å². The first-order valence-electron chi connectivity index (χ1n) is 9.32. The molecule has 1 aromatic heterocycles. The molecule has 0 atom stereocenters. The van der Waals surface area contributed by atoms with Crippen LogP contribution in [-0.2, 0) is 6.54 Å². The van der Waals surface area contributed by atoms with Crippen LogP contribution in [0, 0.1) is 11.3 Å². The largest absolute Gasteiger partial charge is 0.444 e. The van der Waals surface area contributed by atoms with Crippen LogP contribution >= 0.6 is 0 Å². The maximum Gasteiger partial charge on any atom is 0.415 e. The van der Waals surface area contributed by atoms with E-state index >= 15 is 0 Å². The fourth-order valence-corrected chi connectivity index (χ4v) is 2.97. The minimum Gasteiger partial charge on any atom is -0.444 e. The molecule has 0 spiro atoms. The Morgan fingerprint density at radius 2 is 1.97 bits per heavy atom. The Morgan fingerprint density at radius 1 is 1.17 bits per heavy atom. The van der Waals surface area contributed by atoms with E-state index in [4.69, 9.17) is 14.7 Å². The van der Waals surface area contributed by atoms with Crippen molar-refractivity contribution in [2.24, 2.45) is 4.99 Å². The van der Waals surface area contributed by atoms with Crippen LogP contribution < -0.4 is 9.47 Å². The molecule has 1 fully saturated rings. The predicted octanol–water partition coefficient (Wildman–Crippen LogP) is 2.70. The van der Waals surface area contributed by atoms with E-state index in [1.165, 1.54) is 18.5 Å². The Hall–Kier alpha value is -3.44. The standard InChI is InChI=1S/C21H23N5O3/c1-16(23-2)28-19-5-3-4-17(10-19)15-25-6-8-26(9-7-25)21(27)29-20-11-18(12-22)13-24-14-20/h3-5,10-11,13-14H,6-9,15H2,1-2H3. The fourth-order valence-electron chi connectivity index (χ4n) is 2.97. The molecule has 3 rings (SSSR count). The lowest BCUT2D eigenvalue weighted by Crippen LogP contribution is -2.49. The topological polar surface area (TPSA) is 91.1 Å². The maximum atomic E-state index is 12.4. The van der Waals surface area contributed by atoms with Gasteiger partial charge in [-0.1, -0.05) is 12.1 Å². The predicted molar refractivity (Wildman–Crippen MR) is 108 cm³/mol. The van der Waals surface area contributed by atoms with E-state index in [1.54, 1.807) is 11.9 Å². The summed E-state index contributed by atoms with van der Waals surface area (Å²) in [5.74, 6) is 1.66. The van der Waals surface area contributed by atoms with Gasteiger partial charge in [0, 0.05) is 59.0 Å². The minimum absolute atomic E-state index is 0.277. The first-order chi connectivity index (χ1) is 14.1. The Balaban J connectivity index is 1.51. The van der Waals surface area contributed by atoms with Gasteiger partial charge < -0.3 is 14.4 Å². The maximum absolute atomic E-state index is 12.4. The summed E-state index contributed by atoms with van der Waals surface area (Å²) in [6.07, 6.45) is 2.42. The second-order valence-electron chi connectivity index (χ2n) is 6.64. The number of aliphatic imine (C=N–C) groups is 1. The van der Waals surface area contributed by atoms with Crippen LogP contribution in [0.5, 0.6) is 11.5 Å². The van der Waals surface area contributed by atoms with Crippen molar-refractivity contribution in [1.82, 2.24) is 14.8 Å². The van der Waals surface area contributed by atoms with Crippen LogP contribution in [0.4, 0.5) is 4.79 Å². The Bertz CT molecular complexity index is 930. The van der Waals surface area contributed by atoms with Crippen molar-refractivity contribution < 1.29 is 14.3 Å². The average Bonchev–Trinajstić information content (AvgIpc) is 2.74. The SMILES string of the molecule is CN=C(C)Oc1cccc(CN2CCN(C(=O)Oc3cncc(C#N)c3)CC2)c1. The van der Waals surface area contributed by atoms with Crippen LogP contribution in [-0.4, -0.2) is 60.0 Å². The van der Waals surface area contributed by atoms with Crippen molar-refractivity contribution in [2.75, 3.05) is 33.2 Å². The minimum atomic E-state index is -0.425. The van der Waals surface area contributed by atoms with Crippen molar-refractivity contribution in [2.45, 2.75) is 13.5 Å². The van der Waals surface area contributed by atoms with E-state index in [9.17, 15) is 4.79 Å². The average molecular weight is 393 g/mol. The van der Waals surface area contributed by atoms with E-state index in [0.717, 1.165) is 30.9 Å². The molecule has 8 heteroatoms. The summed E-state index contributed by atoms with van der Waals surface area (Å²) in [6, 6.07) is 11.4. The zero-order chi connectivity index (χ0) is 20.6. The molecule has 0 N–H and O–H groups in total. The van der Waals surface area contributed by atoms with Crippen molar-refractivity contribution in [3.63, 3.8) is 0 Å². The molecule has 2 heterocycles. The molecule has 0 unspecified atom stereocenters. The molecular weight excluding hydrogens is 370 g/mol. The number of piperazine rings is 1. The molecule has 150 valence electrons. The van der Waals surface area contributed by atoms with E-state index in [-0.39, 0.29) is 5.75 Å². The zero-order valence-electron chi connectivity index (χ0n) is 16.5. The van der Waals surface area contributed by atoms with Gasteiger partial charge in [0.25, 0.3) is 0 Å². The van der Waals surface area contributed by atoms with Gasteiger partial charge >= 0.3 is 6.09 Å². The second kappa shape index (κ2) is 9.66. The number of hydrogen-bond donors (Lipinski definition) is 0. The molecule has 1 aliphatic rings. The lowest BCUT2D eigenvalue weighted by atomic mass is 10.2. The molecule has 8 nitrogen and oxygen atoms in total. The van der Waals surface area contributed by atoms with Gasteiger partial charge in [-0.2, -0.15) is 5.26 Å². The number of benzene rings is 1. The molecule has 29 heavy (non-hydrogen) atoms. The van der Waals surface area contributed by atoms with Gasteiger partial charge in [-0.25, -0.2) is 4.79 Å². The number of nitriles is 1. The molecule has 2 aromatic rings. The van der Waals surface area contributed by atoms with Crippen LogP contribution in [0.1, 0.15) is 18.1 Å². The van der Waals surface area contributed by atoms with Gasteiger partial charge in [-0.05, 0) is 17.7 Å². The summed E-state index contributed by atoms with van der Waals surface area (Å²) in [6.45, 7) is 5.22. The lowest BCUT2D eigenvalue weighted by Gasteiger charge is -2.34. The van der Waals surface area contributed by atoms with Crippen molar-refractivity contribution in [3.05, 3.63) is 53.9 Å². The van der Waals surface area contributed by atoms with Gasteiger partial charge in [0.2, 0.25) is 0 Å². The van der Waals surface area contributed by atoms with Crippen molar-refractivity contribution >= 4 is 12.0 Å². The quantitative estimate of drug-likeness (QED) is 0.586. The van der Waals surface area contributed by atoms with E-state index < -0.39 is 6.09 Å². The molecule has 1 aromatic carbocycles. The number of rotatable bonds is 4. The summed E-state index contributed by atoms with van der Waals surface area (Å²) in [5, 5.41) is 8.91. The number of pyridine rings is 1. The van der Waals surface area contributed by atoms with Gasteiger partial charge in [-0.3, -0.25) is 14.9 Å². The summed E-state index contributed by atoms with van der Waals surface area (Å²) in [5.41, 5.74) is 1.49. The number of ether oxygens (including phenoxy) is 2. The van der Waals surface area contributed by atoms with E-state index in [1.807, 2.05) is 31.2 Å². The Kier molecular flexibility index (Phi) is 6.76. The summed E-state index contributed by atoms with van der Waals surface area (Å²) in [4.78, 5) is 24.2. The smallest absolute Gasteiger partial charge is 0.415 e. The first kappa shape index (κ1) is 20.3. The van der Waals surface area contributed by atoms with Gasteiger partial charge in [0.1, 0.15) is 11.8 Å². The molecule has 0 bridgehead atoms. The fraction of sp³-hybridized carbons (Fsp3) is 0.333. The highest BCUT2D eigenvalue weighted by molar-refractivity contribution is 5.75. The number of carbonyl (C=O) groups is 1. The number of amides is 1. The molecule has 0 radical (unpaired) electrons. The van der Waals surface area contributed by atoms with Gasteiger partial charge in [0.05, 0.1) is 11.8 Å². The van der Waals surface area contributed by atoms with Gasteiger partial charge in [-0.15, -0.1) is 0 Å². The van der Waals surface area contributed by atoms with E-state index in [2.05, 4.69) is 20.9 Å². The summed E-state index contributed by atoms with van der Waals surface area (Å²) < 4.78 is 11.0. The summed E-state index contributed by atoms with van der Waals surface area (Å²) >= 11 is 0.